The average molecular weight is 540 g/mol. The number of nitrogens with zero attached hydrogens (tertiary/aromatic N) is 3. The average Bonchev–Trinajstić information content (AvgIpc) is 3.55. The minimum atomic E-state index is -1.16. The lowest BCUT2D eigenvalue weighted by Gasteiger charge is -2.37. The first kappa shape index (κ1) is 28.8. The van der Waals surface area contributed by atoms with E-state index in [2.05, 4.69) is 13.2 Å². The van der Waals surface area contributed by atoms with Gasteiger partial charge < -0.3 is 29.3 Å². The molecule has 3 aliphatic heterocycles. The number of anilines is 1. The van der Waals surface area contributed by atoms with Crippen LogP contribution in [-0.2, 0) is 19.1 Å². The zero-order valence-corrected chi connectivity index (χ0v) is 23.3. The number of hydrogen-bond acceptors (Lipinski definition) is 6. The van der Waals surface area contributed by atoms with Gasteiger partial charge in [0.25, 0.3) is 5.91 Å². The highest BCUT2D eigenvalue weighted by atomic mass is 16.5. The molecule has 1 N–H and O–H groups in total. The Labute approximate surface area is 231 Å². The van der Waals surface area contributed by atoms with Gasteiger partial charge in [-0.1, -0.05) is 26.0 Å². The first-order valence-electron chi connectivity index (χ1n) is 13.9. The molecule has 2 bridgehead atoms. The van der Waals surface area contributed by atoms with E-state index in [1.165, 1.54) is 4.90 Å². The van der Waals surface area contributed by atoms with Crippen LogP contribution in [0.3, 0.4) is 0 Å². The fourth-order valence-electron chi connectivity index (χ4n) is 7.00. The van der Waals surface area contributed by atoms with E-state index in [0.717, 1.165) is 6.42 Å². The number of aliphatic hydroxyl groups excluding tert-OH is 1. The number of carbonyl (C=O) groups is 3. The van der Waals surface area contributed by atoms with Gasteiger partial charge in [0.05, 0.1) is 31.2 Å². The van der Waals surface area contributed by atoms with Crippen LogP contribution in [0.1, 0.15) is 39.5 Å². The van der Waals surface area contributed by atoms with Crippen LogP contribution in [-0.4, -0.2) is 89.8 Å². The van der Waals surface area contributed by atoms with Crippen LogP contribution < -0.4 is 9.64 Å². The molecule has 3 saturated heterocycles. The Morgan fingerprint density at radius 1 is 1.15 bits per heavy atom. The Morgan fingerprint density at radius 3 is 2.41 bits per heavy atom. The molecule has 0 aliphatic carbocycles. The summed E-state index contributed by atoms with van der Waals surface area (Å²) < 4.78 is 12.1. The molecule has 5 atom stereocenters. The number of amides is 3. The SMILES string of the molecule is C=CCN(CCC)C(=O)[C@H]1[C@H]2C(=O)N(CCO)C(C(=O)N(CC=C)c3ccc(OC)cc3)C23CC[C@]1(CC)O3. The lowest BCUT2D eigenvalue weighted by Crippen LogP contribution is -2.57. The predicted octanol–water partition coefficient (Wildman–Crippen LogP) is 2.79. The molecule has 9 heteroatoms. The van der Waals surface area contributed by atoms with Crippen LogP contribution in [0.4, 0.5) is 5.69 Å². The van der Waals surface area contributed by atoms with Crippen molar-refractivity contribution in [2.24, 2.45) is 11.8 Å². The van der Waals surface area contributed by atoms with Crippen molar-refractivity contribution >= 4 is 23.4 Å². The number of aliphatic hydroxyl groups is 1. The molecule has 3 heterocycles. The van der Waals surface area contributed by atoms with Crippen molar-refractivity contribution in [3.8, 4) is 5.75 Å². The fourth-order valence-corrected chi connectivity index (χ4v) is 7.00. The van der Waals surface area contributed by atoms with Gasteiger partial charge in [0, 0.05) is 31.9 Å². The quantitative estimate of drug-likeness (QED) is 0.387. The van der Waals surface area contributed by atoms with E-state index in [1.807, 2.05) is 13.8 Å². The molecule has 9 nitrogen and oxygen atoms in total. The maximum Gasteiger partial charge on any atom is 0.253 e. The highest BCUT2D eigenvalue weighted by molar-refractivity contribution is 6.05. The van der Waals surface area contributed by atoms with Gasteiger partial charge in [-0.2, -0.15) is 0 Å². The monoisotopic (exact) mass is 539 g/mol. The molecule has 1 aromatic rings. The molecule has 1 spiro atoms. The van der Waals surface area contributed by atoms with Crippen LogP contribution in [0.5, 0.6) is 5.75 Å². The number of ether oxygens (including phenoxy) is 2. The van der Waals surface area contributed by atoms with Gasteiger partial charge in [0.15, 0.2) is 0 Å². The first-order chi connectivity index (χ1) is 18.8. The lowest BCUT2D eigenvalue weighted by molar-refractivity contribution is -0.151. The number of rotatable bonds is 13. The summed E-state index contributed by atoms with van der Waals surface area (Å²) in [6.45, 7) is 12.4. The van der Waals surface area contributed by atoms with E-state index in [9.17, 15) is 19.5 Å². The third-order valence-electron chi connectivity index (χ3n) is 8.64. The molecular formula is C30H41N3O6. The Morgan fingerprint density at radius 2 is 1.85 bits per heavy atom. The summed E-state index contributed by atoms with van der Waals surface area (Å²) in [6, 6.07) is 6.13. The highest BCUT2D eigenvalue weighted by Crippen LogP contribution is 2.64. The molecule has 2 unspecified atom stereocenters. The third kappa shape index (κ3) is 4.55. The molecular weight excluding hydrogens is 498 g/mol. The topological polar surface area (TPSA) is 99.6 Å². The fraction of sp³-hybridized carbons (Fsp3) is 0.567. The number of hydrogen-bond donors (Lipinski definition) is 1. The van der Waals surface area contributed by atoms with Crippen LogP contribution in [0.15, 0.2) is 49.6 Å². The van der Waals surface area contributed by atoms with E-state index in [4.69, 9.17) is 9.47 Å². The maximum absolute atomic E-state index is 14.4. The molecule has 3 fully saturated rings. The molecule has 39 heavy (non-hydrogen) atoms. The number of methoxy groups -OCH3 is 1. The standard InChI is InChI=1S/C30H41N3O6/c1-6-16-31(17-7-2)26(35)23-24-27(36)33(19-20-34)25(30(24)15-14-29(23,9-4)39-30)28(37)32(18-8-3)21-10-12-22(38-5)13-11-21/h6,8,10-13,23-25,34H,1,3,7,9,14-20H2,2,4-5H3/t23-,24+,25?,29+,30?/m1/s1. The smallest absolute Gasteiger partial charge is 0.253 e. The summed E-state index contributed by atoms with van der Waals surface area (Å²) in [6.07, 6.45) is 5.72. The van der Waals surface area contributed by atoms with Crippen molar-refractivity contribution < 1.29 is 29.0 Å². The normalized spacial score (nSPS) is 28.8. The molecule has 0 radical (unpaired) electrons. The van der Waals surface area contributed by atoms with Crippen molar-refractivity contribution in [1.29, 1.82) is 0 Å². The van der Waals surface area contributed by atoms with E-state index in [1.54, 1.807) is 53.3 Å². The number of β-amino-alcohol motifs (C(OH)–C–C–N with tert-alkyl or cyclic N) is 1. The van der Waals surface area contributed by atoms with E-state index < -0.39 is 29.1 Å². The minimum Gasteiger partial charge on any atom is -0.497 e. The van der Waals surface area contributed by atoms with Crippen LogP contribution in [0.25, 0.3) is 0 Å². The Hall–Kier alpha value is -3.17. The summed E-state index contributed by atoms with van der Waals surface area (Å²) in [7, 11) is 1.57. The molecule has 3 aliphatic rings. The molecule has 0 aromatic heterocycles. The summed E-state index contributed by atoms with van der Waals surface area (Å²) in [5, 5.41) is 9.92. The summed E-state index contributed by atoms with van der Waals surface area (Å²) in [5.41, 5.74) is -1.35. The lowest BCUT2D eigenvalue weighted by atomic mass is 9.64. The summed E-state index contributed by atoms with van der Waals surface area (Å²) in [5.74, 6) is -1.61. The van der Waals surface area contributed by atoms with Crippen molar-refractivity contribution in [3.63, 3.8) is 0 Å². The van der Waals surface area contributed by atoms with E-state index >= 15 is 0 Å². The van der Waals surface area contributed by atoms with Gasteiger partial charge in [-0.25, -0.2) is 0 Å². The second-order valence-electron chi connectivity index (χ2n) is 10.6. The van der Waals surface area contributed by atoms with Gasteiger partial charge in [-0.3, -0.25) is 14.4 Å². The van der Waals surface area contributed by atoms with Crippen LogP contribution in [0.2, 0.25) is 0 Å². The highest BCUT2D eigenvalue weighted by Gasteiger charge is 2.79. The molecule has 1 aromatic carbocycles. The van der Waals surface area contributed by atoms with Crippen molar-refractivity contribution in [3.05, 3.63) is 49.6 Å². The van der Waals surface area contributed by atoms with Crippen molar-refractivity contribution in [2.45, 2.75) is 56.8 Å². The largest absolute Gasteiger partial charge is 0.497 e. The Bertz CT molecular complexity index is 1110. The Balaban J connectivity index is 1.79. The summed E-state index contributed by atoms with van der Waals surface area (Å²) >= 11 is 0. The predicted molar refractivity (Wildman–Crippen MR) is 148 cm³/mol. The number of carbonyl (C=O) groups excluding carboxylic acids is 3. The minimum absolute atomic E-state index is 0.0211. The molecule has 212 valence electrons. The Kier molecular flexibility index (Phi) is 8.51. The van der Waals surface area contributed by atoms with Crippen LogP contribution >= 0.6 is 0 Å². The van der Waals surface area contributed by atoms with Gasteiger partial charge in [-0.05, 0) is 49.9 Å². The molecule has 3 amide bonds. The number of fused-ring (bicyclic) bond motifs is 1. The zero-order valence-electron chi connectivity index (χ0n) is 23.3. The third-order valence-corrected chi connectivity index (χ3v) is 8.64. The maximum atomic E-state index is 14.4. The van der Waals surface area contributed by atoms with Gasteiger partial charge in [-0.15, -0.1) is 13.2 Å². The molecule has 0 saturated carbocycles. The van der Waals surface area contributed by atoms with Gasteiger partial charge in [0.2, 0.25) is 11.8 Å². The van der Waals surface area contributed by atoms with Crippen molar-refractivity contribution in [1.82, 2.24) is 9.80 Å². The van der Waals surface area contributed by atoms with E-state index in [0.29, 0.717) is 43.8 Å². The van der Waals surface area contributed by atoms with Crippen molar-refractivity contribution in [2.75, 3.05) is 44.8 Å². The first-order valence-corrected chi connectivity index (χ1v) is 13.9. The van der Waals surface area contributed by atoms with Gasteiger partial charge in [0.1, 0.15) is 17.4 Å². The van der Waals surface area contributed by atoms with Crippen LogP contribution in [0, 0.1) is 11.8 Å². The molecule has 4 rings (SSSR count). The summed E-state index contributed by atoms with van der Waals surface area (Å²) in [4.78, 5) is 47.4. The van der Waals surface area contributed by atoms with Gasteiger partial charge >= 0.3 is 0 Å². The number of likely N-dealkylation sites (tertiary alicyclic amines) is 1. The number of benzene rings is 1. The second kappa shape index (κ2) is 11.5. The second-order valence-corrected chi connectivity index (χ2v) is 10.6. The van der Waals surface area contributed by atoms with E-state index in [-0.39, 0.29) is 37.4 Å². The zero-order chi connectivity index (χ0) is 28.4.